The Labute approximate surface area is 93.3 Å². The van der Waals surface area contributed by atoms with Gasteiger partial charge in [0.05, 0.1) is 6.61 Å². The standard InChI is InChI=1S/C10H15NO5/c1-2-3-4-5-6-16-8(12)7-11-9(13)10(14)15/h2H,1,3-7H2,(H,11,13)(H,14,15). The second-order valence-corrected chi connectivity index (χ2v) is 2.99. The molecule has 0 rings (SSSR count). The van der Waals surface area contributed by atoms with Gasteiger partial charge >= 0.3 is 17.8 Å². The number of nitrogens with one attached hydrogen (secondary N) is 1. The lowest BCUT2D eigenvalue weighted by atomic mass is 10.2. The first-order chi connectivity index (χ1) is 7.57. The van der Waals surface area contributed by atoms with Crippen LogP contribution < -0.4 is 5.32 Å². The minimum Gasteiger partial charge on any atom is -0.474 e. The highest BCUT2D eigenvalue weighted by molar-refractivity contribution is 6.31. The van der Waals surface area contributed by atoms with Crippen LogP contribution in [0.1, 0.15) is 19.3 Å². The summed E-state index contributed by atoms with van der Waals surface area (Å²) in [7, 11) is 0. The Morgan fingerprint density at radius 1 is 1.31 bits per heavy atom. The molecule has 0 saturated heterocycles. The van der Waals surface area contributed by atoms with E-state index in [1.54, 1.807) is 6.08 Å². The Morgan fingerprint density at radius 2 is 2.00 bits per heavy atom. The van der Waals surface area contributed by atoms with Crippen molar-refractivity contribution in [2.45, 2.75) is 19.3 Å². The number of esters is 1. The Morgan fingerprint density at radius 3 is 2.56 bits per heavy atom. The largest absolute Gasteiger partial charge is 0.474 e. The maximum atomic E-state index is 11.0. The number of carbonyl (C=O) groups is 3. The monoisotopic (exact) mass is 229 g/mol. The van der Waals surface area contributed by atoms with Gasteiger partial charge in [-0.1, -0.05) is 6.08 Å². The summed E-state index contributed by atoms with van der Waals surface area (Å²) >= 11 is 0. The van der Waals surface area contributed by atoms with Gasteiger partial charge in [-0.05, 0) is 19.3 Å². The number of aliphatic carboxylic acids is 1. The van der Waals surface area contributed by atoms with E-state index in [2.05, 4.69) is 6.58 Å². The number of rotatable bonds is 7. The van der Waals surface area contributed by atoms with Crippen molar-refractivity contribution >= 4 is 17.8 Å². The van der Waals surface area contributed by atoms with Crippen molar-refractivity contribution in [3.63, 3.8) is 0 Å². The van der Waals surface area contributed by atoms with Gasteiger partial charge in [-0.3, -0.25) is 9.59 Å². The number of carbonyl (C=O) groups excluding carboxylic acids is 2. The highest BCUT2D eigenvalue weighted by Crippen LogP contribution is 1.95. The number of allylic oxidation sites excluding steroid dienone is 1. The molecule has 6 nitrogen and oxygen atoms in total. The number of hydrogen-bond donors (Lipinski definition) is 2. The molecular formula is C10H15NO5. The molecule has 0 aromatic rings. The van der Waals surface area contributed by atoms with Crippen LogP contribution in [0.3, 0.4) is 0 Å². The average molecular weight is 229 g/mol. The van der Waals surface area contributed by atoms with Crippen molar-refractivity contribution in [2.24, 2.45) is 0 Å². The fourth-order valence-electron chi connectivity index (χ4n) is 0.856. The average Bonchev–Trinajstić information content (AvgIpc) is 2.25. The minimum absolute atomic E-state index is 0.260. The molecule has 0 spiro atoms. The van der Waals surface area contributed by atoms with Gasteiger partial charge < -0.3 is 15.2 Å². The molecule has 0 atom stereocenters. The van der Waals surface area contributed by atoms with Crippen molar-refractivity contribution in [1.29, 1.82) is 0 Å². The van der Waals surface area contributed by atoms with Crippen molar-refractivity contribution in [3.8, 4) is 0 Å². The van der Waals surface area contributed by atoms with Gasteiger partial charge in [-0.2, -0.15) is 0 Å². The normalized spacial score (nSPS) is 9.25. The Bertz CT molecular complexity index is 274. The molecule has 2 N–H and O–H groups in total. The van der Waals surface area contributed by atoms with E-state index in [0.29, 0.717) is 6.42 Å². The number of ether oxygens (including phenoxy) is 1. The molecule has 0 aromatic heterocycles. The molecule has 0 aromatic carbocycles. The second kappa shape index (κ2) is 8.46. The van der Waals surface area contributed by atoms with Gasteiger partial charge in [0.1, 0.15) is 6.54 Å². The van der Waals surface area contributed by atoms with Crippen LogP contribution >= 0.6 is 0 Å². The van der Waals surface area contributed by atoms with Crippen molar-refractivity contribution in [3.05, 3.63) is 12.7 Å². The van der Waals surface area contributed by atoms with Crippen LogP contribution in [0.25, 0.3) is 0 Å². The maximum Gasteiger partial charge on any atom is 0.394 e. The van der Waals surface area contributed by atoms with Crippen molar-refractivity contribution in [2.75, 3.05) is 13.2 Å². The predicted molar refractivity (Wildman–Crippen MR) is 55.7 cm³/mol. The molecule has 90 valence electrons. The fraction of sp³-hybridized carbons (Fsp3) is 0.500. The third-order valence-electron chi connectivity index (χ3n) is 1.65. The molecule has 0 aliphatic heterocycles. The van der Waals surface area contributed by atoms with Gasteiger partial charge in [0, 0.05) is 0 Å². The molecule has 0 aliphatic carbocycles. The fourth-order valence-corrected chi connectivity index (χ4v) is 0.856. The second-order valence-electron chi connectivity index (χ2n) is 2.99. The lowest BCUT2D eigenvalue weighted by molar-refractivity contribution is -0.151. The van der Waals surface area contributed by atoms with E-state index in [0.717, 1.165) is 12.8 Å². The zero-order valence-corrected chi connectivity index (χ0v) is 8.90. The molecule has 0 bridgehead atoms. The van der Waals surface area contributed by atoms with Crippen LogP contribution in [-0.4, -0.2) is 36.1 Å². The van der Waals surface area contributed by atoms with Crippen molar-refractivity contribution in [1.82, 2.24) is 5.32 Å². The molecule has 0 radical (unpaired) electrons. The van der Waals surface area contributed by atoms with E-state index in [1.807, 2.05) is 5.32 Å². The topological polar surface area (TPSA) is 92.7 Å². The molecule has 16 heavy (non-hydrogen) atoms. The quantitative estimate of drug-likeness (QED) is 0.279. The van der Waals surface area contributed by atoms with E-state index in [1.165, 1.54) is 0 Å². The number of hydrogen-bond acceptors (Lipinski definition) is 4. The zero-order chi connectivity index (χ0) is 12.4. The summed E-state index contributed by atoms with van der Waals surface area (Å²) in [6.45, 7) is 3.38. The summed E-state index contributed by atoms with van der Waals surface area (Å²) in [4.78, 5) is 31.6. The van der Waals surface area contributed by atoms with Crippen molar-refractivity contribution < 1.29 is 24.2 Å². The Balaban J connectivity index is 3.48. The first-order valence-electron chi connectivity index (χ1n) is 4.85. The lowest BCUT2D eigenvalue weighted by Crippen LogP contribution is -2.35. The molecular weight excluding hydrogens is 214 g/mol. The summed E-state index contributed by atoms with van der Waals surface area (Å²) < 4.78 is 4.74. The summed E-state index contributed by atoms with van der Waals surface area (Å²) in [6.07, 6.45) is 4.21. The maximum absolute atomic E-state index is 11.0. The van der Waals surface area contributed by atoms with E-state index >= 15 is 0 Å². The SMILES string of the molecule is C=CCCCCOC(=O)CNC(=O)C(=O)O. The number of amides is 1. The third kappa shape index (κ3) is 7.54. The first kappa shape index (κ1) is 14.2. The molecule has 6 heteroatoms. The highest BCUT2D eigenvalue weighted by atomic mass is 16.5. The smallest absolute Gasteiger partial charge is 0.394 e. The lowest BCUT2D eigenvalue weighted by Gasteiger charge is -2.04. The molecule has 0 fully saturated rings. The molecule has 1 amide bonds. The third-order valence-corrected chi connectivity index (χ3v) is 1.65. The summed E-state index contributed by atoms with van der Waals surface area (Å²) in [5.74, 6) is -3.49. The molecule has 0 unspecified atom stereocenters. The van der Waals surface area contributed by atoms with Crippen LogP contribution in [0, 0.1) is 0 Å². The van der Waals surface area contributed by atoms with Crippen LogP contribution in [0.5, 0.6) is 0 Å². The van der Waals surface area contributed by atoms with E-state index < -0.39 is 24.4 Å². The zero-order valence-electron chi connectivity index (χ0n) is 8.90. The number of carboxylic acid groups (broad SMARTS) is 1. The Hall–Kier alpha value is -1.85. The van der Waals surface area contributed by atoms with E-state index in [9.17, 15) is 14.4 Å². The number of unbranched alkanes of at least 4 members (excludes halogenated alkanes) is 2. The Kier molecular flexibility index (Phi) is 7.48. The van der Waals surface area contributed by atoms with Crippen LogP contribution in [0.2, 0.25) is 0 Å². The van der Waals surface area contributed by atoms with Gasteiger partial charge in [0.2, 0.25) is 0 Å². The molecule has 0 saturated carbocycles. The molecule has 0 heterocycles. The van der Waals surface area contributed by atoms with E-state index in [-0.39, 0.29) is 6.61 Å². The van der Waals surface area contributed by atoms with Gasteiger partial charge in [0.25, 0.3) is 0 Å². The predicted octanol–water partition coefficient (Wildman–Crippen LogP) is 0.0867. The van der Waals surface area contributed by atoms with Crippen LogP contribution in [0.4, 0.5) is 0 Å². The summed E-state index contributed by atoms with van der Waals surface area (Å²) in [5, 5.41) is 10.1. The highest BCUT2D eigenvalue weighted by Gasteiger charge is 2.12. The van der Waals surface area contributed by atoms with Gasteiger partial charge in [0.15, 0.2) is 0 Å². The number of carboxylic acids is 1. The van der Waals surface area contributed by atoms with Gasteiger partial charge in [-0.25, -0.2) is 4.79 Å². The first-order valence-corrected chi connectivity index (χ1v) is 4.85. The van der Waals surface area contributed by atoms with E-state index in [4.69, 9.17) is 9.84 Å². The van der Waals surface area contributed by atoms with Crippen LogP contribution in [-0.2, 0) is 19.1 Å². The minimum atomic E-state index is -1.63. The van der Waals surface area contributed by atoms with Crippen LogP contribution in [0.15, 0.2) is 12.7 Å². The summed E-state index contributed by atoms with van der Waals surface area (Å²) in [5.41, 5.74) is 0. The molecule has 0 aliphatic rings. The van der Waals surface area contributed by atoms with Gasteiger partial charge in [-0.15, -0.1) is 6.58 Å². The summed E-state index contributed by atoms with van der Waals surface area (Å²) in [6, 6.07) is 0.